The average Bonchev–Trinajstić information content (AvgIpc) is 2.29. The zero-order valence-corrected chi connectivity index (χ0v) is 14.7. The van der Waals surface area contributed by atoms with Crippen molar-refractivity contribution in [3.05, 3.63) is 12.3 Å². The van der Waals surface area contributed by atoms with Crippen LogP contribution in [-0.4, -0.2) is 17.6 Å². The van der Waals surface area contributed by atoms with Crippen LogP contribution in [0.25, 0.3) is 0 Å². The summed E-state index contributed by atoms with van der Waals surface area (Å²) in [6, 6.07) is 0. The fourth-order valence-electron chi connectivity index (χ4n) is 0.745. The van der Waals surface area contributed by atoms with Gasteiger partial charge < -0.3 is 10.4 Å². The highest BCUT2D eigenvalue weighted by atomic mass is 16.3. The Morgan fingerprint density at radius 1 is 1.20 bits per heavy atom. The molecule has 3 nitrogen and oxygen atoms in total. The topological polar surface area (TPSA) is 49.3 Å². The lowest BCUT2D eigenvalue weighted by molar-refractivity contribution is -0.122. The lowest BCUT2D eigenvalue weighted by Crippen LogP contribution is -2.28. The van der Waals surface area contributed by atoms with E-state index < -0.39 is 0 Å². The summed E-state index contributed by atoms with van der Waals surface area (Å²) in [6.45, 7) is 19.9. The van der Waals surface area contributed by atoms with Gasteiger partial charge >= 0.3 is 0 Å². The smallest absolute Gasteiger partial charge is 0.220 e. The van der Waals surface area contributed by atoms with E-state index in [2.05, 4.69) is 45.5 Å². The maximum Gasteiger partial charge on any atom is 0.220 e. The van der Waals surface area contributed by atoms with E-state index in [1.807, 2.05) is 34.6 Å². The highest BCUT2D eigenvalue weighted by Gasteiger charge is 2.15. The molecule has 0 aromatic rings. The molecular weight excluding hydrogens is 250 g/mol. The maximum absolute atomic E-state index is 11.1. The van der Waals surface area contributed by atoms with Gasteiger partial charge in [-0.2, -0.15) is 0 Å². The normalized spacial score (nSPS) is 8.75. The Morgan fingerprint density at radius 3 is 1.70 bits per heavy atom. The second-order valence-electron chi connectivity index (χ2n) is 5.81. The Balaban J connectivity index is -0.000000134. The van der Waals surface area contributed by atoms with Gasteiger partial charge in [-0.1, -0.05) is 62.0 Å². The first-order chi connectivity index (χ1) is 9.04. The Morgan fingerprint density at radius 2 is 1.50 bits per heavy atom. The number of aliphatic hydroxyl groups excluding tert-OH is 1. The highest BCUT2D eigenvalue weighted by Crippen LogP contribution is 2.17. The van der Waals surface area contributed by atoms with Crippen LogP contribution in [-0.2, 0) is 4.79 Å². The molecule has 2 N–H and O–H groups in total. The predicted octanol–water partition coefficient (Wildman–Crippen LogP) is 4.55. The minimum absolute atomic E-state index is 0.0130. The molecule has 20 heavy (non-hydrogen) atoms. The fraction of sp³-hybridized carbons (Fsp3) is 0.706. The summed E-state index contributed by atoms with van der Waals surface area (Å²) in [5.41, 5.74) is -0.0130. The summed E-state index contributed by atoms with van der Waals surface area (Å²) in [6.07, 6.45) is 8.46. The molecule has 0 aromatic heterocycles. The number of amides is 1. The molecule has 1 amide bonds. The van der Waals surface area contributed by atoms with Crippen LogP contribution in [0.4, 0.5) is 0 Å². The molecule has 0 aliphatic rings. The van der Waals surface area contributed by atoms with Crippen molar-refractivity contribution in [2.45, 2.75) is 61.8 Å². The van der Waals surface area contributed by atoms with E-state index in [4.69, 9.17) is 5.11 Å². The SMILES string of the molecule is C#C.C=C(O)CNC(=O)CC(C)(C)C.CC.CC(C)C. The van der Waals surface area contributed by atoms with Crippen molar-refractivity contribution < 1.29 is 9.90 Å². The summed E-state index contributed by atoms with van der Waals surface area (Å²) in [5, 5.41) is 11.2. The first-order valence-electron chi connectivity index (χ1n) is 7.01. The molecule has 0 unspecified atom stereocenters. The summed E-state index contributed by atoms with van der Waals surface area (Å²) < 4.78 is 0. The van der Waals surface area contributed by atoms with Gasteiger partial charge in [-0.05, 0) is 11.3 Å². The number of terminal acetylenes is 1. The van der Waals surface area contributed by atoms with Crippen LogP contribution in [0.2, 0.25) is 0 Å². The molecular formula is C17H35NO2. The molecule has 0 saturated carbocycles. The fourth-order valence-corrected chi connectivity index (χ4v) is 0.745. The number of hydrogen-bond acceptors (Lipinski definition) is 2. The monoisotopic (exact) mass is 285 g/mol. The van der Waals surface area contributed by atoms with Crippen LogP contribution in [0, 0.1) is 24.2 Å². The van der Waals surface area contributed by atoms with Gasteiger partial charge in [0.1, 0.15) is 5.76 Å². The first kappa shape index (κ1) is 27.0. The van der Waals surface area contributed by atoms with E-state index in [-0.39, 0.29) is 23.6 Å². The van der Waals surface area contributed by atoms with Gasteiger partial charge in [-0.15, -0.1) is 12.8 Å². The Kier molecular flexibility index (Phi) is 23.7. The summed E-state index contributed by atoms with van der Waals surface area (Å²) in [7, 11) is 0. The highest BCUT2D eigenvalue weighted by molar-refractivity contribution is 5.76. The molecule has 120 valence electrons. The van der Waals surface area contributed by atoms with E-state index in [1.165, 1.54) is 0 Å². The van der Waals surface area contributed by atoms with Crippen LogP contribution >= 0.6 is 0 Å². The van der Waals surface area contributed by atoms with Crippen LogP contribution in [0.1, 0.15) is 61.8 Å². The van der Waals surface area contributed by atoms with Gasteiger partial charge in [0.05, 0.1) is 6.54 Å². The van der Waals surface area contributed by atoms with Gasteiger partial charge in [0, 0.05) is 6.42 Å². The molecule has 0 aliphatic heterocycles. The van der Waals surface area contributed by atoms with E-state index in [9.17, 15) is 4.79 Å². The third kappa shape index (κ3) is 54.7. The Labute approximate surface area is 126 Å². The lowest BCUT2D eigenvalue weighted by Gasteiger charge is -2.16. The van der Waals surface area contributed by atoms with Crippen molar-refractivity contribution in [2.75, 3.05) is 6.54 Å². The second kappa shape index (κ2) is 17.6. The zero-order valence-electron chi connectivity index (χ0n) is 14.7. The van der Waals surface area contributed by atoms with Crippen molar-refractivity contribution in [2.24, 2.45) is 11.3 Å². The van der Waals surface area contributed by atoms with Gasteiger partial charge in [0.15, 0.2) is 0 Å². The minimum atomic E-state index is -0.0577. The molecule has 0 aromatic carbocycles. The van der Waals surface area contributed by atoms with Crippen molar-refractivity contribution in [3.8, 4) is 12.8 Å². The largest absolute Gasteiger partial charge is 0.511 e. The number of nitrogens with one attached hydrogen (secondary N) is 1. The van der Waals surface area contributed by atoms with Crippen molar-refractivity contribution in [1.29, 1.82) is 0 Å². The number of aliphatic hydroxyl groups is 1. The average molecular weight is 285 g/mol. The third-order valence-corrected chi connectivity index (χ3v) is 1.18. The van der Waals surface area contributed by atoms with E-state index in [0.29, 0.717) is 6.42 Å². The van der Waals surface area contributed by atoms with Crippen molar-refractivity contribution >= 4 is 5.91 Å². The van der Waals surface area contributed by atoms with Gasteiger partial charge in [-0.25, -0.2) is 0 Å². The molecule has 0 atom stereocenters. The first-order valence-corrected chi connectivity index (χ1v) is 7.01. The summed E-state index contributed by atoms with van der Waals surface area (Å²) in [5.74, 6) is 0.759. The van der Waals surface area contributed by atoms with E-state index >= 15 is 0 Å². The number of rotatable bonds is 3. The van der Waals surface area contributed by atoms with Crippen molar-refractivity contribution in [3.63, 3.8) is 0 Å². The van der Waals surface area contributed by atoms with Crippen molar-refractivity contribution in [1.82, 2.24) is 5.32 Å². The molecule has 3 heteroatoms. The molecule has 0 aliphatic carbocycles. The zero-order chi connectivity index (χ0) is 17.4. The van der Waals surface area contributed by atoms with E-state index in [1.54, 1.807) is 0 Å². The molecule has 0 bridgehead atoms. The Bertz CT molecular complexity index is 245. The van der Waals surface area contributed by atoms with Gasteiger partial charge in [0.25, 0.3) is 0 Å². The minimum Gasteiger partial charge on any atom is -0.511 e. The molecule has 0 saturated heterocycles. The Hall–Kier alpha value is -1.43. The second-order valence-corrected chi connectivity index (χ2v) is 5.81. The molecule has 0 heterocycles. The summed E-state index contributed by atoms with van der Waals surface area (Å²) >= 11 is 0. The van der Waals surface area contributed by atoms with Crippen LogP contribution in [0.5, 0.6) is 0 Å². The van der Waals surface area contributed by atoms with Crippen LogP contribution < -0.4 is 5.32 Å². The standard InChI is InChI=1S/C9H17NO2.C4H10.C2H6.C2H2/c1-7(11)6-10-8(12)5-9(2,3)4;1-4(2)3;2*1-2/h11H,1,5-6H2,2-4H3,(H,10,12);4H,1-3H3;1-2H3;1-2H. The van der Waals surface area contributed by atoms with Gasteiger partial charge in [0.2, 0.25) is 5.91 Å². The number of carbonyl (C=O) groups excluding carboxylic acids is 1. The number of carbonyl (C=O) groups is 1. The third-order valence-electron chi connectivity index (χ3n) is 1.18. The molecule has 0 radical (unpaired) electrons. The quantitative estimate of drug-likeness (QED) is 0.590. The van der Waals surface area contributed by atoms with E-state index in [0.717, 1.165) is 5.92 Å². The predicted molar refractivity (Wildman–Crippen MR) is 90.6 cm³/mol. The molecule has 0 spiro atoms. The molecule has 0 fully saturated rings. The van der Waals surface area contributed by atoms with Gasteiger partial charge in [-0.3, -0.25) is 4.79 Å². The van der Waals surface area contributed by atoms with Crippen LogP contribution in [0.15, 0.2) is 12.3 Å². The van der Waals surface area contributed by atoms with Crippen LogP contribution in [0.3, 0.4) is 0 Å². The summed E-state index contributed by atoms with van der Waals surface area (Å²) in [4.78, 5) is 11.1. The lowest BCUT2D eigenvalue weighted by atomic mass is 9.92. The maximum atomic E-state index is 11.1. The molecule has 0 rings (SSSR count). The number of hydrogen-bond donors (Lipinski definition) is 2.